The highest BCUT2D eigenvalue weighted by atomic mass is 35.5. The lowest BCUT2D eigenvalue weighted by Gasteiger charge is -2.33. The van der Waals surface area contributed by atoms with Crippen LogP contribution in [0.25, 0.3) is 21.2 Å². The molecule has 222 valence electrons. The Bertz CT molecular complexity index is 1860. The zero-order valence-electron chi connectivity index (χ0n) is 22.7. The van der Waals surface area contributed by atoms with Crippen molar-refractivity contribution in [2.75, 3.05) is 37.4 Å². The molecule has 8 rings (SSSR count). The van der Waals surface area contributed by atoms with Crippen LogP contribution in [0.3, 0.4) is 0 Å². The van der Waals surface area contributed by atoms with Crippen LogP contribution in [0.15, 0.2) is 30.5 Å². The molecule has 4 atom stereocenters. The molecule has 4 N–H and O–H groups in total. The summed E-state index contributed by atoms with van der Waals surface area (Å²) in [6, 6.07) is 8.43. The van der Waals surface area contributed by atoms with Crippen molar-refractivity contribution in [3.63, 3.8) is 0 Å². The SMILES string of the molecule is N#Cc1c(N)sc2c(F)ccc(-c3c(Cl)cn4c3C(F)Oc3c(OC[C@@]56CCCN5C[C@H](F)C6)ccc5c3[C@@H]4NCN5)c12. The Morgan fingerprint density at radius 3 is 2.98 bits per heavy atom. The number of fused-ring (bicyclic) bond motifs is 4. The lowest BCUT2D eigenvalue weighted by Crippen LogP contribution is -2.43. The van der Waals surface area contributed by atoms with Crippen LogP contribution < -0.4 is 25.8 Å². The Hall–Kier alpha value is -3.63. The van der Waals surface area contributed by atoms with Crippen molar-refractivity contribution in [2.45, 2.75) is 43.5 Å². The average Bonchev–Trinajstić information content (AvgIpc) is 3.70. The molecule has 4 aliphatic rings. The number of rotatable bonds is 4. The van der Waals surface area contributed by atoms with Crippen molar-refractivity contribution in [2.24, 2.45) is 0 Å². The maximum Gasteiger partial charge on any atom is 0.279 e. The third-order valence-electron chi connectivity index (χ3n) is 9.20. The summed E-state index contributed by atoms with van der Waals surface area (Å²) < 4.78 is 60.1. The first-order chi connectivity index (χ1) is 20.8. The van der Waals surface area contributed by atoms with Gasteiger partial charge in [0.05, 0.1) is 33.1 Å². The molecule has 0 radical (unpaired) electrons. The first-order valence-electron chi connectivity index (χ1n) is 14.1. The number of anilines is 2. The summed E-state index contributed by atoms with van der Waals surface area (Å²) in [6.07, 6.45) is 0.346. The number of thiophene rings is 1. The minimum Gasteiger partial charge on any atom is -0.488 e. The van der Waals surface area contributed by atoms with Gasteiger partial charge in [-0.15, -0.1) is 11.3 Å². The van der Waals surface area contributed by atoms with Gasteiger partial charge in [0.1, 0.15) is 41.5 Å². The Balaban J connectivity index is 1.25. The second-order valence-corrected chi connectivity index (χ2v) is 13.0. The van der Waals surface area contributed by atoms with E-state index in [2.05, 4.69) is 21.6 Å². The van der Waals surface area contributed by atoms with Crippen LogP contribution >= 0.6 is 22.9 Å². The molecule has 2 aromatic heterocycles. The van der Waals surface area contributed by atoms with Crippen molar-refractivity contribution in [3.05, 3.63) is 58.1 Å². The highest BCUT2D eigenvalue weighted by molar-refractivity contribution is 7.23. The first-order valence-corrected chi connectivity index (χ1v) is 15.3. The zero-order valence-corrected chi connectivity index (χ0v) is 24.3. The normalized spacial score (nSPS) is 25.8. The van der Waals surface area contributed by atoms with Gasteiger partial charge in [0.25, 0.3) is 6.36 Å². The summed E-state index contributed by atoms with van der Waals surface area (Å²) in [5.74, 6) is 0.0604. The van der Waals surface area contributed by atoms with Crippen LogP contribution in [0.1, 0.15) is 48.6 Å². The molecule has 4 aromatic rings. The number of nitrogens with zero attached hydrogens (tertiary/aromatic N) is 3. The van der Waals surface area contributed by atoms with Gasteiger partial charge in [-0.1, -0.05) is 17.7 Å². The molecule has 2 fully saturated rings. The van der Waals surface area contributed by atoms with Crippen LogP contribution in [0, 0.1) is 17.1 Å². The number of benzene rings is 2. The molecular weight excluding hydrogens is 601 g/mol. The summed E-state index contributed by atoms with van der Waals surface area (Å²) in [4.78, 5) is 2.16. The summed E-state index contributed by atoms with van der Waals surface area (Å²) >= 11 is 7.76. The van der Waals surface area contributed by atoms with Gasteiger partial charge in [-0.2, -0.15) is 9.65 Å². The maximum atomic E-state index is 16.6. The van der Waals surface area contributed by atoms with Crippen molar-refractivity contribution in [3.8, 4) is 28.7 Å². The van der Waals surface area contributed by atoms with E-state index < -0.39 is 30.1 Å². The monoisotopic (exact) mass is 626 g/mol. The van der Waals surface area contributed by atoms with Gasteiger partial charge in [0, 0.05) is 35.8 Å². The number of halogens is 4. The number of alkyl halides is 2. The molecule has 13 heteroatoms. The average molecular weight is 627 g/mol. The fourth-order valence-corrected chi connectivity index (χ4v) is 8.62. The minimum absolute atomic E-state index is 0.107. The summed E-state index contributed by atoms with van der Waals surface area (Å²) in [5.41, 5.74) is 7.95. The highest BCUT2D eigenvalue weighted by Gasteiger charge is 2.49. The highest BCUT2D eigenvalue weighted by Crippen LogP contribution is 2.52. The number of nitrogen functional groups attached to an aromatic ring is 1. The molecular formula is C30H26ClF3N6O2S. The lowest BCUT2D eigenvalue weighted by atomic mass is 9.95. The number of nitrogens with two attached hydrogens (primary N) is 1. The summed E-state index contributed by atoms with van der Waals surface area (Å²) in [7, 11) is 0. The van der Waals surface area contributed by atoms with E-state index in [1.165, 1.54) is 12.1 Å². The number of hydrogen-bond acceptors (Lipinski definition) is 8. The smallest absolute Gasteiger partial charge is 0.279 e. The minimum atomic E-state index is -2.01. The number of nitrogens with one attached hydrogen (secondary N) is 2. The van der Waals surface area contributed by atoms with E-state index in [0.29, 0.717) is 36.5 Å². The van der Waals surface area contributed by atoms with Crippen molar-refractivity contribution in [1.29, 1.82) is 5.26 Å². The van der Waals surface area contributed by atoms with Gasteiger partial charge in [-0.05, 0) is 43.1 Å². The molecule has 4 aliphatic heterocycles. The number of nitriles is 1. The number of aromatic nitrogens is 1. The Kier molecular flexibility index (Phi) is 6.07. The second kappa shape index (κ2) is 9.69. The lowest BCUT2D eigenvalue weighted by molar-refractivity contribution is 0.0560. The zero-order chi connectivity index (χ0) is 29.6. The number of hydrogen-bond donors (Lipinski definition) is 3. The van der Waals surface area contributed by atoms with E-state index in [4.69, 9.17) is 26.8 Å². The third kappa shape index (κ3) is 3.88. The fraction of sp³-hybridized carbons (Fsp3) is 0.367. The molecule has 6 heterocycles. The molecule has 1 unspecified atom stereocenters. The van der Waals surface area contributed by atoms with Gasteiger partial charge in [0.2, 0.25) is 0 Å². The van der Waals surface area contributed by atoms with Crippen molar-refractivity contribution >= 4 is 43.7 Å². The van der Waals surface area contributed by atoms with Crippen molar-refractivity contribution in [1.82, 2.24) is 14.8 Å². The number of ether oxygens (including phenoxy) is 2. The van der Waals surface area contributed by atoms with Crippen LogP contribution in [0.4, 0.5) is 23.9 Å². The largest absolute Gasteiger partial charge is 0.488 e. The molecule has 8 nitrogen and oxygen atoms in total. The second-order valence-electron chi connectivity index (χ2n) is 11.5. The fourth-order valence-electron chi connectivity index (χ4n) is 7.37. The standard InChI is InChI=1S/C30H26ClF3N6O2S/c31-17-11-40-24(22(17)15-2-3-18(33)26-21(15)16(9-35)28(36)43-26)27(34)42-25-20(5-4-19-23(25)29(40)38-13-37-19)41-12-30-6-1-7-39(30)10-14(32)8-30/h2-5,11,14,27,29,37-38H,1,6-8,10,12-13,36H2/t14-,27?,29-,30+/m1/s1. The van der Waals surface area contributed by atoms with E-state index in [1.807, 2.05) is 6.07 Å². The molecule has 0 amide bonds. The quantitative estimate of drug-likeness (QED) is 0.239. The molecule has 0 spiro atoms. The van der Waals surface area contributed by atoms with E-state index in [1.54, 1.807) is 16.8 Å². The molecule has 2 saturated heterocycles. The molecule has 0 aliphatic carbocycles. The van der Waals surface area contributed by atoms with Crippen LogP contribution in [0.2, 0.25) is 5.02 Å². The molecule has 0 bridgehead atoms. The maximum absolute atomic E-state index is 16.6. The van der Waals surface area contributed by atoms with Crippen LogP contribution in [-0.2, 0) is 0 Å². The topological polar surface area (TPSA) is 100 Å². The van der Waals surface area contributed by atoms with Gasteiger partial charge >= 0.3 is 0 Å². The Labute approximate surface area is 253 Å². The van der Waals surface area contributed by atoms with Gasteiger partial charge in [-0.3, -0.25) is 10.2 Å². The van der Waals surface area contributed by atoms with Crippen molar-refractivity contribution < 1.29 is 22.6 Å². The van der Waals surface area contributed by atoms with E-state index in [-0.39, 0.29) is 49.3 Å². The van der Waals surface area contributed by atoms with E-state index >= 15 is 4.39 Å². The van der Waals surface area contributed by atoms with E-state index in [0.717, 1.165) is 36.4 Å². The summed E-state index contributed by atoms with van der Waals surface area (Å²) in [5, 5.41) is 17.2. The predicted octanol–water partition coefficient (Wildman–Crippen LogP) is 6.45. The molecule has 2 aromatic carbocycles. The first kappa shape index (κ1) is 27.0. The summed E-state index contributed by atoms with van der Waals surface area (Å²) in [6.45, 7) is 1.88. The van der Waals surface area contributed by atoms with Gasteiger partial charge < -0.3 is 25.1 Å². The Morgan fingerprint density at radius 2 is 2.14 bits per heavy atom. The molecule has 43 heavy (non-hydrogen) atoms. The van der Waals surface area contributed by atoms with Gasteiger partial charge in [0.15, 0.2) is 11.5 Å². The van der Waals surface area contributed by atoms with E-state index in [9.17, 15) is 14.0 Å². The molecule has 0 saturated carbocycles. The third-order valence-corrected chi connectivity index (χ3v) is 10.5. The van der Waals surface area contributed by atoms with Crippen LogP contribution in [-0.4, -0.2) is 47.5 Å². The van der Waals surface area contributed by atoms with Crippen LogP contribution in [0.5, 0.6) is 11.5 Å². The Morgan fingerprint density at radius 1 is 1.28 bits per heavy atom. The van der Waals surface area contributed by atoms with Gasteiger partial charge in [-0.25, -0.2) is 8.78 Å². The predicted molar refractivity (Wildman–Crippen MR) is 159 cm³/mol.